The van der Waals surface area contributed by atoms with Gasteiger partial charge in [0.05, 0.1) is 10.2 Å². The molecular formula is C16H22N4OS. The smallest absolute Gasteiger partial charge is 0.317 e. The molecule has 0 saturated carbocycles. The Morgan fingerprint density at radius 3 is 2.68 bits per heavy atom. The highest BCUT2D eigenvalue weighted by molar-refractivity contribution is 7.22. The molecule has 6 heteroatoms. The number of thiazole rings is 1. The fraction of sp³-hybridized carbons (Fsp3) is 0.500. The van der Waals surface area contributed by atoms with Gasteiger partial charge in [-0.1, -0.05) is 17.4 Å². The normalized spacial score (nSPS) is 15.4. The van der Waals surface area contributed by atoms with E-state index in [1.54, 1.807) is 11.3 Å². The van der Waals surface area contributed by atoms with Gasteiger partial charge in [-0.05, 0) is 38.0 Å². The van der Waals surface area contributed by atoms with Crippen LogP contribution in [0.4, 0.5) is 9.93 Å². The van der Waals surface area contributed by atoms with Crippen molar-refractivity contribution in [2.45, 2.75) is 20.8 Å². The third kappa shape index (κ3) is 2.88. The maximum absolute atomic E-state index is 11.8. The Morgan fingerprint density at radius 1 is 1.27 bits per heavy atom. The van der Waals surface area contributed by atoms with E-state index in [4.69, 9.17) is 4.98 Å². The van der Waals surface area contributed by atoms with E-state index >= 15 is 0 Å². The number of nitrogens with zero attached hydrogens (tertiary/aromatic N) is 3. The molecule has 118 valence electrons. The number of benzene rings is 1. The van der Waals surface area contributed by atoms with Crippen molar-refractivity contribution in [3.05, 3.63) is 23.3 Å². The molecule has 5 nitrogen and oxygen atoms in total. The van der Waals surface area contributed by atoms with Crippen LogP contribution in [0.5, 0.6) is 0 Å². The Bertz CT molecular complexity index is 689. The Kier molecular flexibility index (Phi) is 4.20. The van der Waals surface area contributed by atoms with E-state index in [0.29, 0.717) is 6.54 Å². The second kappa shape index (κ2) is 6.12. The van der Waals surface area contributed by atoms with Crippen LogP contribution in [0.15, 0.2) is 12.1 Å². The van der Waals surface area contributed by atoms with Crippen LogP contribution in [0, 0.1) is 13.8 Å². The van der Waals surface area contributed by atoms with Gasteiger partial charge in [0.2, 0.25) is 0 Å². The molecular weight excluding hydrogens is 296 g/mol. The van der Waals surface area contributed by atoms with Crippen molar-refractivity contribution in [1.82, 2.24) is 15.2 Å². The molecule has 1 aliphatic rings. The van der Waals surface area contributed by atoms with Gasteiger partial charge in [0.25, 0.3) is 0 Å². The molecule has 1 aliphatic heterocycles. The standard InChI is InChI=1S/C16H22N4OS/c1-4-17-15(21)19-5-7-20(8-6-19)16-18-13-10-11(2)9-12(3)14(13)22-16/h9-10H,4-8H2,1-3H3,(H,17,21). The molecule has 1 saturated heterocycles. The van der Waals surface area contributed by atoms with Crippen molar-refractivity contribution in [2.75, 3.05) is 37.6 Å². The van der Waals surface area contributed by atoms with Crippen LogP contribution in [0.3, 0.4) is 0 Å². The molecule has 0 bridgehead atoms. The summed E-state index contributed by atoms with van der Waals surface area (Å²) in [5.74, 6) is 0. The first-order valence-electron chi connectivity index (χ1n) is 7.74. The Labute approximate surface area is 134 Å². The fourth-order valence-corrected chi connectivity index (χ4v) is 3.93. The van der Waals surface area contributed by atoms with Gasteiger partial charge in [0.1, 0.15) is 0 Å². The number of hydrogen-bond donors (Lipinski definition) is 1. The van der Waals surface area contributed by atoms with Crippen molar-refractivity contribution in [3.63, 3.8) is 0 Å². The van der Waals surface area contributed by atoms with Crippen molar-refractivity contribution in [2.24, 2.45) is 0 Å². The van der Waals surface area contributed by atoms with Crippen LogP contribution in [0.25, 0.3) is 10.2 Å². The molecule has 0 atom stereocenters. The summed E-state index contributed by atoms with van der Waals surface area (Å²) in [4.78, 5) is 20.8. The van der Waals surface area contributed by atoms with Gasteiger partial charge in [0, 0.05) is 32.7 Å². The Morgan fingerprint density at radius 2 is 2.00 bits per heavy atom. The average Bonchev–Trinajstić information content (AvgIpc) is 2.92. The van der Waals surface area contributed by atoms with Gasteiger partial charge < -0.3 is 15.1 Å². The molecule has 0 aliphatic carbocycles. The average molecular weight is 318 g/mol. The number of anilines is 1. The first-order valence-corrected chi connectivity index (χ1v) is 8.55. The molecule has 22 heavy (non-hydrogen) atoms. The Hall–Kier alpha value is -1.82. The second-order valence-electron chi connectivity index (χ2n) is 5.74. The number of fused-ring (bicyclic) bond motifs is 1. The number of urea groups is 1. The lowest BCUT2D eigenvalue weighted by Crippen LogP contribution is -2.51. The molecule has 2 heterocycles. The second-order valence-corrected chi connectivity index (χ2v) is 6.71. The van der Waals surface area contributed by atoms with Crippen molar-refractivity contribution >= 4 is 32.7 Å². The first-order chi connectivity index (χ1) is 10.6. The SMILES string of the molecule is CCNC(=O)N1CCN(c2nc3cc(C)cc(C)c3s2)CC1. The zero-order chi connectivity index (χ0) is 15.7. The largest absolute Gasteiger partial charge is 0.345 e. The summed E-state index contributed by atoms with van der Waals surface area (Å²) < 4.78 is 1.27. The third-order valence-corrected chi connectivity index (χ3v) is 5.24. The molecule has 0 unspecified atom stereocenters. The number of nitrogens with one attached hydrogen (secondary N) is 1. The zero-order valence-electron chi connectivity index (χ0n) is 13.3. The minimum atomic E-state index is 0.0397. The number of carbonyl (C=O) groups excluding carboxylic acids is 1. The fourth-order valence-electron chi connectivity index (χ4n) is 2.86. The summed E-state index contributed by atoms with van der Waals surface area (Å²) in [5.41, 5.74) is 3.63. The summed E-state index contributed by atoms with van der Waals surface area (Å²) in [7, 11) is 0. The maximum Gasteiger partial charge on any atom is 0.317 e. The molecule has 2 aromatic rings. The minimum absolute atomic E-state index is 0.0397. The molecule has 2 amide bonds. The molecule has 1 aromatic carbocycles. The van der Waals surface area contributed by atoms with Gasteiger partial charge in [0.15, 0.2) is 5.13 Å². The van der Waals surface area contributed by atoms with Crippen molar-refractivity contribution in [3.8, 4) is 0 Å². The summed E-state index contributed by atoms with van der Waals surface area (Å²) in [6.45, 7) is 10.1. The maximum atomic E-state index is 11.8. The molecule has 0 radical (unpaired) electrons. The Balaban J connectivity index is 1.74. The lowest BCUT2D eigenvalue weighted by molar-refractivity contribution is 0.195. The number of rotatable bonds is 2. The van der Waals surface area contributed by atoms with E-state index in [2.05, 4.69) is 36.2 Å². The molecule has 0 spiro atoms. The zero-order valence-corrected chi connectivity index (χ0v) is 14.2. The van der Waals surface area contributed by atoms with Crippen molar-refractivity contribution in [1.29, 1.82) is 0 Å². The van der Waals surface area contributed by atoms with Crippen LogP contribution in [0.1, 0.15) is 18.1 Å². The van der Waals surface area contributed by atoms with Gasteiger partial charge in [-0.15, -0.1) is 0 Å². The van der Waals surface area contributed by atoms with Crippen molar-refractivity contribution < 1.29 is 4.79 Å². The van der Waals surface area contributed by atoms with Gasteiger partial charge in [-0.25, -0.2) is 9.78 Å². The van der Waals surface area contributed by atoms with E-state index in [1.165, 1.54) is 15.8 Å². The summed E-state index contributed by atoms with van der Waals surface area (Å²) in [5, 5.41) is 3.93. The lowest BCUT2D eigenvalue weighted by Gasteiger charge is -2.34. The van der Waals surface area contributed by atoms with Crippen LogP contribution in [-0.4, -0.2) is 48.6 Å². The van der Waals surface area contributed by atoms with E-state index in [9.17, 15) is 4.79 Å². The van der Waals surface area contributed by atoms with Gasteiger partial charge in [-0.2, -0.15) is 0 Å². The molecule has 1 fully saturated rings. The summed E-state index contributed by atoms with van der Waals surface area (Å²) in [6, 6.07) is 4.39. The van der Waals surface area contributed by atoms with Gasteiger partial charge in [-0.3, -0.25) is 0 Å². The lowest BCUT2D eigenvalue weighted by atomic mass is 10.1. The molecule has 1 N–H and O–H groups in total. The number of piperazine rings is 1. The summed E-state index contributed by atoms with van der Waals surface area (Å²) in [6.07, 6.45) is 0. The number of aromatic nitrogens is 1. The number of aryl methyl sites for hydroxylation is 2. The predicted molar refractivity (Wildman–Crippen MR) is 92.0 cm³/mol. The molecule has 1 aromatic heterocycles. The first kappa shape index (κ1) is 15.1. The van der Waals surface area contributed by atoms with Gasteiger partial charge >= 0.3 is 6.03 Å². The minimum Gasteiger partial charge on any atom is -0.345 e. The van der Waals surface area contributed by atoms with Crippen LogP contribution in [0.2, 0.25) is 0 Å². The number of hydrogen-bond acceptors (Lipinski definition) is 4. The summed E-state index contributed by atoms with van der Waals surface area (Å²) >= 11 is 1.75. The third-order valence-electron chi connectivity index (χ3n) is 3.97. The predicted octanol–water partition coefficient (Wildman–Crippen LogP) is 2.76. The highest BCUT2D eigenvalue weighted by atomic mass is 32.1. The highest BCUT2D eigenvalue weighted by Gasteiger charge is 2.22. The van der Waals surface area contributed by atoms with Crippen LogP contribution < -0.4 is 10.2 Å². The van der Waals surface area contributed by atoms with E-state index in [1.807, 2.05) is 11.8 Å². The quantitative estimate of drug-likeness (QED) is 0.926. The highest BCUT2D eigenvalue weighted by Crippen LogP contribution is 2.32. The number of carbonyl (C=O) groups is 1. The van der Waals surface area contributed by atoms with E-state index < -0.39 is 0 Å². The van der Waals surface area contributed by atoms with E-state index in [0.717, 1.165) is 36.8 Å². The monoisotopic (exact) mass is 318 g/mol. The number of amides is 2. The van der Waals surface area contributed by atoms with Crippen LogP contribution in [-0.2, 0) is 0 Å². The van der Waals surface area contributed by atoms with E-state index in [-0.39, 0.29) is 6.03 Å². The van der Waals surface area contributed by atoms with Crippen LogP contribution >= 0.6 is 11.3 Å². The topological polar surface area (TPSA) is 48.5 Å². The molecule has 3 rings (SSSR count).